The molecule has 128 valence electrons. The summed E-state index contributed by atoms with van der Waals surface area (Å²) < 4.78 is 1.98. The topological polar surface area (TPSA) is 75.4 Å². The Bertz CT molecular complexity index is 762. The molecule has 0 aromatic carbocycles. The maximum atomic E-state index is 13.0. The van der Waals surface area contributed by atoms with E-state index in [0.717, 1.165) is 29.4 Å². The Hall–Kier alpha value is -2.15. The summed E-state index contributed by atoms with van der Waals surface area (Å²) in [5.74, 6) is -1.53. The van der Waals surface area contributed by atoms with Crippen LogP contribution in [0.4, 0.5) is 0 Å². The molecule has 0 aliphatic heterocycles. The molecule has 0 spiro atoms. The van der Waals surface area contributed by atoms with Crippen molar-refractivity contribution in [1.29, 1.82) is 0 Å². The van der Waals surface area contributed by atoms with Crippen molar-refractivity contribution in [3.63, 3.8) is 0 Å². The first-order valence-corrected chi connectivity index (χ1v) is 8.90. The van der Waals surface area contributed by atoms with Crippen molar-refractivity contribution in [2.24, 2.45) is 5.92 Å². The third-order valence-corrected chi connectivity index (χ3v) is 5.17. The van der Waals surface area contributed by atoms with Gasteiger partial charge in [0.25, 0.3) is 5.91 Å². The van der Waals surface area contributed by atoms with E-state index in [1.54, 1.807) is 18.0 Å². The number of aromatic nitrogens is 2. The number of hydrogen-bond donors (Lipinski definition) is 1. The predicted molar refractivity (Wildman–Crippen MR) is 91.8 cm³/mol. The number of carbonyl (C=O) groups is 2. The molecule has 1 atom stereocenters. The summed E-state index contributed by atoms with van der Waals surface area (Å²) in [5, 5.41) is 11.9. The highest BCUT2D eigenvalue weighted by atomic mass is 32.1. The lowest BCUT2D eigenvalue weighted by Gasteiger charge is -2.24. The average Bonchev–Trinajstić information content (AvgIpc) is 3.15. The predicted octanol–water partition coefficient (Wildman–Crippen LogP) is 2.88. The number of amides is 1. The lowest BCUT2D eigenvalue weighted by molar-refractivity contribution is -0.141. The van der Waals surface area contributed by atoms with Gasteiger partial charge in [0.2, 0.25) is 0 Å². The fourth-order valence-electron chi connectivity index (χ4n) is 2.91. The van der Waals surface area contributed by atoms with Gasteiger partial charge in [-0.15, -0.1) is 11.3 Å². The summed E-state index contributed by atoms with van der Waals surface area (Å²) in [7, 11) is 0. The lowest BCUT2D eigenvalue weighted by Crippen LogP contribution is -2.38. The minimum Gasteiger partial charge on any atom is -0.481 e. The summed E-state index contributed by atoms with van der Waals surface area (Å²) in [6, 6.07) is 2.04. The Morgan fingerprint density at radius 1 is 1.46 bits per heavy atom. The maximum absolute atomic E-state index is 13.0. The van der Waals surface area contributed by atoms with Gasteiger partial charge in [-0.2, -0.15) is 0 Å². The number of nitrogens with zero attached hydrogens (tertiary/aromatic N) is 3. The number of hydrogen-bond acceptors (Lipinski definition) is 4. The third-order valence-electron chi connectivity index (χ3n) is 4.41. The molecule has 1 aliphatic carbocycles. The van der Waals surface area contributed by atoms with Gasteiger partial charge in [-0.25, -0.2) is 4.98 Å². The van der Waals surface area contributed by atoms with Gasteiger partial charge in [-0.05, 0) is 32.8 Å². The summed E-state index contributed by atoms with van der Waals surface area (Å²) in [6.45, 7) is 5.75. The number of rotatable bonds is 6. The molecule has 2 heterocycles. The molecular formula is C17H21N3O3S. The first kappa shape index (κ1) is 16.7. The fourth-order valence-corrected chi connectivity index (χ4v) is 3.66. The molecule has 6 nitrogen and oxygen atoms in total. The van der Waals surface area contributed by atoms with Gasteiger partial charge in [0, 0.05) is 35.6 Å². The van der Waals surface area contributed by atoms with Crippen LogP contribution >= 0.6 is 11.3 Å². The molecule has 1 fully saturated rings. The first-order chi connectivity index (χ1) is 11.4. The van der Waals surface area contributed by atoms with Crippen molar-refractivity contribution < 1.29 is 14.7 Å². The van der Waals surface area contributed by atoms with Crippen molar-refractivity contribution in [2.45, 2.75) is 39.7 Å². The van der Waals surface area contributed by atoms with E-state index in [0.29, 0.717) is 5.56 Å². The number of carboxylic acid groups (broad SMARTS) is 1. The highest BCUT2D eigenvalue weighted by molar-refractivity contribution is 7.12. The van der Waals surface area contributed by atoms with Gasteiger partial charge in [0.15, 0.2) is 5.13 Å². The molecule has 1 aliphatic rings. The summed E-state index contributed by atoms with van der Waals surface area (Å²) in [4.78, 5) is 30.3. The zero-order valence-electron chi connectivity index (χ0n) is 14.0. The van der Waals surface area contributed by atoms with Crippen LogP contribution < -0.4 is 0 Å². The second-order valence-corrected chi connectivity index (χ2v) is 7.24. The zero-order valence-corrected chi connectivity index (χ0v) is 14.8. The molecule has 0 bridgehead atoms. The van der Waals surface area contributed by atoms with Gasteiger partial charge in [0.1, 0.15) is 0 Å². The number of aliphatic carboxylic acids is 1. The minimum absolute atomic E-state index is 0.0819. The Morgan fingerprint density at radius 3 is 2.71 bits per heavy atom. The SMILES string of the molecule is Cc1cc(C(=O)N(CC(C)C(=O)O)C2CC2)c(C)n1-c1nccs1. The van der Waals surface area contributed by atoms with Crippen LogP contribution in [0.25, 0.3) is 5.13 Å². The monoisotopic (exact) mass is 347 g/mol. The van der Waals surface area contributed by atoms with E-state index in [-0.39, 0.29) is 18.5 Å². The molecule has 1 N–H and O–H groups in total. The number of carboxylic acids is 1. The number of aryl methyl sites for hydroxylation is 1. The van der Waals surface area contributed by atoms with E-state index in [1.165, 1.54) is 11.3 Å². The molecule has 3 rings (SSSR count). The maximum Gasteiger partial charge on any atom is 0.308 e. The molecular weight excluding hydrogens is 326 g/mol. The third kappa shape index (κ3) is 3.08. The van der Waals surface area contributed by atoms with Gasteiger partial charge >= 0.3 is 5.97 Å². The molecule has 0 radical (unpaired) electrons. The summed E-state index contributed by atoms with van der Waals surface area (Å²) in [6.07, 6.45) is 3.64. The normalized spacial score (nSPS) is 15.3. The van der Waals surface area contributed by atoms with Crippen LogP contribution in [0, 0.1) is 19.8 Å². The fraction of sp³-hybridized carbons (Fsp3) is 0.471. The van der Waals surface area contributed by atoms with Crippen molar-refractivity contribution in [2.75, 3.05) is 6.54 Å². The largest absolute Gasteiger partial charge is 0.481 e. The quantitative estimate of drug-likeness (QED) is 0.872. The molecule has 7 heteroatoms. The van der Waals surface area contributed by atoms with Crippen molar-refractivity contribution >= 4 is 23.2 Å². The summed E-state index contributed by atoms with van der Waals surface area (Å²) in [5.41, 5.74) is 2.43. The van der Waals surface area contributed by atoms with Crippen LogP contribution in [0.1, 0.15) is 41.5 Å². The summed E-state index contributed by atoms with van der Waals surface area (Å²) >= 11 is 1.52. The number of thiazole rings is 1. The molecule has 1 unspecified atom stereocenters. The molecule has 2 aromatic rings. The van der Waals surface area contributed by atoms with E-state index in [1.807, 2.05) is 29.9 Å². The highest BCUT2D eigenvalue weighted by Gasteiger charge is 2.36. The minimum atomic E-state index is -0.873. The molecule has 2 aromatic heterocycles. The Morgan fingerprint density at radius 2 is 2.17 bits per heavy atom. The first-order valence-electron chi connectivity index (χ1n) is 8.02. The van der Waals surface area contributed by atoms with E-state index in [2.05, 4.69) is 4.98 Å². The van der Waals surface area contributed by atoms with Crippen LogP contribution in [-0.4, -0.2) is 44.0 Å². The Kier molecular flexibility index (Phi) is 4.45. The standard InChI is InChI=1S/C17H21N3O3S/c1-10(16(22)23)9-19(13-4-5-13)15(21)14-8-11(2)20(12(14)3)17-18-6-7-24-17/h6-8,10,13H,4-5,9H2,1-3H3,(H,22,23). The van der Waals surface area contributed by atoms with Crippen LogP contribution in [0.2, 0.25) is 0 Å². The average molecular weight is 347 g/mol. The Labute approximate surface area is 144 Å². The van der Waals surface area contributed by atoms with Crippen molar-refractivity contribution in [3.8, 4) is 5.13 Å². The number of carbonyl (C=O) groups excluding carboxylic acids is 1. The van der Waals surface area contributed by atoms with Gasteiger partial charge in [-0.1, -0.05) is 6.92 Å². The zero-order chi connectivity index (χ0) is 17.4. The highest BCUT2D eigenvalue weighted by Crippen LogP contribution is 2.31. The van der Waals surface area contributed by atoms with Gasteiger partial charge in [0.05, 0.1) is 11.5 Å². The van der Waals surface area contributed by atoms with Crippen LogP contribution in [0.15, 0.2) is 17.6 Å². The van der Waals surface area contributed by atoms with Gasteiger partial charge in [-0.3, -0.25) is 14.2 Å². The second kappa shape index (κ2) is 6.39. The molecule has 1 saturated carbocycles. The Balaban J connectivity index is 1.91. The van der Waals surface area contributed by atoms with Crippen LogP contribution in [-0.2, 0) is 4.79 Å². The van der Waals surface area contributed by atoms with Gasteiger partial charge < -0.3 is 10.0 Å². The molecule has 24 heavy (non-hydrogen) atoms. The van der Waals surface area contributed by atoms with Crippen LogP contribution in [0.3, 0.4) is 0 Å². The molecule has 0 saturated heterocycles. The van der Waals surface area contributed by atoms with Crippen LogP contribution in [0.5, 0.6) is 0 Å². The van der Waals surface area contributed by atoms with Crippen molar-refractivity contribution in [3.05, 3.63) is 34.6 Å². The van der Waals surface area contributed by atoms with E-state index < -0.39 is 11.9 Å². The van der Waals surface area contributed by atoms with E-state index in [4.69, 9.17) is 5.11 Å². The lowest BCUT2D eigenvalue weighted by atomic mass is 10.1. The molecule has 1 amide bonds. The smallest absolute Gasteiger partial charge is 0.308 e. The van der Waals surface area contributed by atoms with E-state index >= 15 is 0 Å². The van der Waals surface area contributed by atoms with E-state index in [9.17, 15) is 9.59 Å². The second-order valence-electron chi connectivity index (χ2n) is 6.36. The van der Waals surface area contributed by atoms with Crippen molar-refractivity contribution in [1.82, 2.24) is 14.5 Å².